The summed E-state index contributed by atoms with van der Waals surface area (Å²) >= 11 is 0. The van der Waals surface area contributed by atoms with Crippen LogP contribution in [-0.4, -0.2) is 32.1 Å². The second kappa shape index (κ2) is 10.7. The van der Waals surface area contributed by atoms with Gasteiger partial charge in [-0.3, -0.25) is 10.1 Å². The zero-order valence-electron chi connectivity index (χ0n) is 14.1. The molecule has 0 saturated carbocycles. The standard InChI is InChI=1S/C17H17N3O4.Na/c1-18-11-19-20-14-6-2-12(3-7-14)17(23)13-4-8-15(9-5-13)24-10-16(21)22;/h2-9,18H,10-11H2,1H3,(H,21,22);/q;+1/p-1. The molecule has 124 valence electrons. The van der Waals surface area contributed by atoms with E-state index >= 15 is 0 Å². The van der Waals surface area contributed by atoms with Crippen LogP contribution in [0.25, 0.3) is 0 Å². The number of carbonyl (C=O) groups is 2. The number of carboxylic acids is 1. The van der Waals surface area contributed by atoms with Gasteiger partial charge in [-0.1, -0.05) is 0 Å². The van der Waals surface area contributed by atoms with E-state index < -0.39 is 12.6 Å². The number of ether oxygens (including phenoxy) is 1. The van der Waals surface area contributed by atoms with Gasteiger partial charge in [0.1, 0.15) is 19.0 Å². The third-order valence-electron chi connectivity index (χ3n) is 3.02. The Morgan fingerprint density at radius 2 is 1.60 bits per heavy atom. The minimum absolute atomic E-state index is 0. The first kappa shape index (κ1) is 21.0. The van der Waals surface area contributed by atoms with Crippen LogP contribution in [0.3, 0.4) is 0 Å². The number of ketones is 1. The van der Waals surface area contributed by atoms with Crippen LogP contribution in [0.4, 0.5) is 5.69 Å². The number of hydrogen-bond acceptors (Lipinski definition) is 7. The third kappa shape index (κ3) is 6.75. The van der Waals surface area contributed by atoms with Crippen molar-refractivity contribution in [1.29, 1.82) is 0 Å². The first-order valence-corrected chi connectivity index (χ1v) is 7.19. The Morgan fingerprint density at radius 3 is 2.12 bits per heavy atom. The Morgan fingerprint density at radius 1 is 1.04 bits per heavy atom. The topological polar surface area (TPSA) is 103 Å². The van der Waals surface area contributed by atoms with E-state index in [0.717, 1.165) is 0 Å². The Labute approximate surface area is 167 Å². The molecule has 25 heavy (non-hydrogen) atoms. The van der Waals surface area contributed by atoms with E-state index in [4.69, 9.17) is 4.74 Å². The molecule has 0 amide bonds. The predicted octanol–water partition coefficient (Wildman–Crippen LogP) is -1.69. The molecule has 0 aliphatic carbocycles. The SMILES string of the molecule is CNCN=Nc1ccc(C(=O)c2ccc(OCC(=O)[O-])cc2)cc1.[Na+]. The average molecular weight is 349 g/mol. The Bertz CT molecular complexity index is 731. The maximum Gasteiger partial charge on any atom is 1.00 e. The Hall–Kier alpha value is -2.06. The molecule has 2 aromatic carbocycles. The number of hydrogen-bond donors (Lipinski definition) is 1. The van der Waals surface area contributed by atoms with Crippen LogP contribution in [0, 0.1) is 0 Å². The molecule has 0 aliphatic rings. The molecule has 1 N–H and O–H groups in total. The van der Waals surface area contributed by atoms with Gasteiger partial charge in [0.2, 0.25) is 0 Å². The van der Waals surface area contributed by atoms with Crippen LogP contribution in [0.5, 0.6) is 5.75 Å². The summed E-state index contributed by atoms with van der Waals surface area (Å²) in [7, 11) is 1.77. The minimum atomic E-state index is -1.30. The summed E-state index contributed by atoms with van der Waals surface area (Å²) in [6.07, 6.45) is 0. The zero-order valence-corrected chi connectivity index (χ0v) is 16.1. The summed E-state index contributed by atoms with van der Waals surface area (Å²) in [6, 6.07) is 13.0. The fourth-order valence-corrected chi connectivity index (χ4v) is 1.88. The number of azo groups is 1. The van der Waals surface area contributed by atoms with Crippen molar-refractivity contribution in [1.82, 2.24) is 5.32 Å². The fraction of sp³-hybridized carbons (Fsp3) is 0.176. The van der Waals surface area contributed by atoms with Gasteiger partial charge in [-0.05, 0) is 55.6 Å². The maximum atomic E-state index is 12.4. The van der Waals surface area contributed by atoms with Crippen molar-refractivity contribution >= 4 is 17.4 Å². The van der Waals surface area contributed by atoms with Crippen molar-refractivity contribution in [3.63, 3.8) is 0 Å². The van der Waals surface area contributed by atoms with Crippen molar-refractivity contribution in [3.8, 4) is 5.75 Å². The van der Waals surface area contributed by atoms with Gasteiger partial charge >= 0.3 is 29.6 Å². The summed E-state index contributed by atoms with van der Waals surface area (Å²) in [6.45, 7) is -0.107. The van der Waals surface area contributed by atoms with Gasteiger partial charge in [0.25, 0.3) is 0 Å². The number of nitrogens with zero attached hydrogens (tertiary/aromatic N) is 2. The molecule has 0 aliphatic heterocycles. The van der Waals surface area contributed by atoms with Crippen molar-refractivity contribution < 1.29 is 49.0 Å². The average Bonchev–Trinajstić information content (AvgIpc) is 2.60. The second-order valence-electron chi connectivity index (χ2n) is 4.81. The molecule has 7 nitrogen and oxygen atoms in total. The Kier molecular flexibility index (Phi) is 9.01. The Balaban J connectivity index is 0.00000312. The van der Waals surface area contributed by atoms with Crippen LogP contribution in [0.1, 0.15) is 15.9 Å². The molecule has 0 aromatic heterocycles. The van der Waals surface area contributed by atoms with Gasteiger partial charge in [-0.2, -0.15) is 10.2 Å². The summed E-state index contributed by atoms with van der Waals surface area (Å²) in [5.41, 5.74) is 1.65. The molecule has 0 unspecified atom stereocenters. The second-order valence-corrected chi connectivity index (χ2v) is 4.81. The monoisotopic (exact) mass is 349 g/mol. The molecular formula is C17H16N3NaO4. The number of carboxylic acid groups (broad SMARTS) is 1. The van der Waals surface area contributed by atoms with E-state index in [2.05, 4.69) is 15.5 Å². The molecule has 8 heteroatoms. The molecule has 0 saturated heterocycles. The molecule has 0 bridgehead atoms. The van der Waals surface area contributed by atoms with E-state index in [9.17, 15) is 14.7 Å². The molecule has 2 rings (SSSR count). The number of nitrogens with one attached hydrogen (secondary N) is 1. The smallest absolute Gasteiger partial charge is 0.546 e. The summed E-state index contributed by atoms with van der Waals surface area (Å²) in [5, 5.41) is 21.1. The van der Waals surface area contributed by atoms with Gasteiger partial charge in [0, 0.05) is 11.1 Å². The summed E-state index contributed by atoms with van der Waals surface area (Å²) in [5.74, 6) is -1.10. The number of rotatable bonds is 8. The van der Waals surface area contributed by atoms with Gasteiger partial charge in [-0.25, -0.2) is 0 Å². The molecule has 0 atom stereocenters. The van der Waals surface area contributed by atoms with E-state index in [1.165, 1.54) is 12.1 Å². The third-order valence-corrected chi connectivity index (χ3v) is 3.02. The first-order chi connectivity index (χ1) is 11.6. The van der Waals surface area contributed by atoms with Crippen molar-refractivity contribution in [3.05, 3.63) is 59.7 Å². The maximum absolute atomic E-state index is 12.4. The normalized spacial score (nSPS) is 10.3. The van der Waals surface area contributed by atoms with Crippen LogP contribution >= 0.6 is 0 Å². The number of benzene rings is 2. The minimum Gasteiger partial charge on any atom is -0.546 e. The van der Waals surface area contributed by atoms with E-state index in [-0.39, 0.29) is 35.3 Å². The van der Waals surface area contributed by atoms with Crippen molar-refractivity contribution in [2.45, 2.75) is 0 Å². The predicted molar refractivity (Wildman–Crippen MR) is 85.3 cm³/mol. The first-order valence-electron chi connectivity index (χ1n) is 7.19. The van der Waals surface area contributed by atoms with Gasteiger partial charge in [-0.15, -0.1) is 0 Å². The van der Waals surface area contributed by atoms with Crippen molar-refractivity contribution in [2.24, 2.45) is 10.2 Å². The van der Waals surface area contributed by atoms with E-state index in [0.29, 0.717) is 29.2 Å². The van der Waals surface area contributed by atoms with Crippen LogP contribution in [0.2, 0.25) is 0 Å². The molecular weight excluding hydrogens is 333 g/mol. The largest absolute Gasteiger partial charge is 1.00 e. The molecule has 0 spiro atoms. The van der Waals surface area contributed by atoms with Crippen molar-refractivity contribution in [2.75, 3.05) is 20.3 Å². The van der Waals surface area contributed by atoms with E-state index in [1.54, 1.807) is 43.4 Å². The summed E-state index contributed by atoms with van der Waals surface area (Å²) < 4.78 is 4.97. The molecule has 2 aromatic rings. The summed E-state index contributed by atoms with van der Waals surface area (Å²) in [4.78, 5) is 22.7. The molecule has 0 radical (unpaired) electrons. The molecule has 0 fully saturated rings. The van der Waals surface area contributed by atoms with Crippen LogP contribution < -0.4 is 44.7 Å². The van der Waals surface area contributed by atoms with E-state index in [1.807, 2.05) is 0 Å². The quantitative estimate of drug-likeness (QED) is 0.348. The number of aliphatic carboxylic acids is 1. The number of carbonyl (C=O) groups excluding carboxylic acids is 2. The van der Waals surface area contributed by atoms with Gasteiger partial charge in [0.05, 0.1) is 11.7 Å². The van der Waals surface area contributed by atoms with Crippen LogP contribution in [0.15, 0.2) is 58.8 Å². The van der Waals surface area contributed by atoms with Gasteiger partial charge in [0.15, 0.2) is 5.78 Å². The molecule has 0 heterocycles. The fourth-order valence-electron chi connectivity index (χ4n) is 1.88. The van der Waals surface area contributed by atoms with Crippen LogP contribution in [-0.2, 0) is 4.79 Å². The van der Waals surface area contributed by atoms with Gasteiger partial charge < -0.3 is 14.6 Å². The zero-order chi connectivity index (χ0) is 17.4.